The fourth-order valence-electron chi connectivity index (χ4n) is 0.903. The Balaban J connectivity index is 2.86. The van der Waals surface area contributed by atoms with Gasteiger partial charge >= 0.3 is 0 Å². The first-order valence-corrected chi connectivity index (χ1v) is 3.43. The van der Waals surface area contributed by atoms with Crippen LogP contribution in [0, 0.1) is 0 Å². The Labute approximate surface area is 63.9 Å². The summed E-state index contributed by atoms with van der Waals surface area (Å²) >= 11 is 4.17. The average Bonchev–Trinajstić information content (AvgIpc) is 2.33. The van der Waals surface area contributed by atoms with Crippen LogP contribution in [0.3, 0.4) is 0 Å². The molecule has 0 saturated carbocycles. The molecule has 2 heterocycles. The highest BCUT2D eigenvalue weighted by molar-refractivity contribution is 7.80. The van der Waals surface area contributed by atoms with Gasteiger partial charge in [0.15, 0.2) is 0 Å². The van der Waals surface area contributed by atoms with Gasteiger partial charge in [0.2, 0.25) is 0 Å². The largest absolute Gasteiger partial charge is 0.240 e. The third-order valence-corrected chi connectivity index (χ3v) is 1.64. The highest BCUT2D eigenvalue weighted by Crippen LogP contribution is 2.07. The Bertz CT molecular complexity index is 353. The van der Waals surface area contributed by atoms with Gasteiger partial charge in [-0.3, -0.25) is 0 Å². The number of aromatic nitrogens is 2. The maximum absolute atomic E-state index is 4.17. The molecule has 0 radical (unpaired) electrons. The van der Waals surface area contributed by atoms with Gasteiger partial charge in [-0.1, -0.05) is 0 Å². The Morgan fingerprint density at radius 2 is 2.20 bits per heavy atom. The van der Waals surface area contributed by atoms with Gasteiger partial charge in [-0.2, -0.15) is 5.10 Å². The van der Waals surface area contributed by atoms with Crippen molar-refractivity contribution in [1.29, 1.82) is 0 Å². The summed E-state index contributed by atoms with van der Waals surface area (Å²) in [5.74, 6) is 0. The summed E-state index contributed by atoms with van der Waals surface area (Å²) in [6, 6.07) is 5.88. The highest BCUT2D eigenvalue weighted by atomic mass is 32.1. The van der Waals surface area contributed by atoms with Crippen LogP contribution >= 0.6 is 12.6 Å². The maximum Gasteiger partial charge on any atom is 0.0662 e. The summed E-state index contributed by atoms with van der Waals surface area (Å²) in [4.78, 5) is 0.927. The molecule has 0 spiro atoms. The van der Waals surface area contributed by atoms with Crippen LogP contribution in [-0.4, -0.2) is 9.61 Å². The van der Waals surface area contributed by atoms with Gasteiger partial charge in [0.25, 0.3) is 0 Å². The molecule has 0 saturated heterocycles. The lowest BCUT2D eigenvalue weighted by atomic mass is 10.4. The molecule has 2 aromatic rings. The lowest BCUT2D eigenvalue weighted by molar-refractivity contribution is 0.941. The fraction of sp³-hybridized carbons (Fsp3) is 0. The summed E-state index contributed by atoms with van der Waals surface area (Å²) in [6.45, 7) is 0. The molecule has 0 aromatic carbocycles. The van der Waals surface area contributed by atoms with Gasteiger partial charge < -0.3 is 0 Å². The Morgan fingerprint density at radius 3 is 3.10 bits per heavy atom. The number of fused-ring (bicyclic) bond motifs is 1. The zero-order valence-corrected chi connectivity index (χ0v) is 6.12. The number of thiol groups is 1. The first-order valence-electron chi connectivity index (χ1n) is 2.98. The predicted molar refractivity (Wildman–Crippen MR) is 42.4 cm³/mol. The van der Waals surface area contributed by atoms with Crippen molar-refractivity contribution in [3.8, 4) is 0 Å². The normalized spacial score (nSPS) is 10.5. The quantitative estimate of drug-likeness (QED) is 0.565. The van der Waals surface area contributed by atoms with E-state index in [1.54, 1.807) is 10.7 Å². The molecule has 0 bridgehead atoms. The van der Waals surface area contributed by atoms with Gasteiger partial charge in [0.1, 0.15) is 0 Å². The number of hydrogen-bond donors (Lipinski definition) is 1. The van der Waals surface area contributed by atoms with Crippen molar-refractivity contribution in [2.75, 3.05) is 0 Å². The second-order valence-electron chi connectivity index (χ2n) is 2.09. The third kappa shape index (κ3) is 0.789. The lowest BCUT2D eigenvalue weighted by Crippen LogP contribution is -1.83. The van der Waals surface area contributed by atoms with Gasteiger partial charge in [-0.25, -0.2) is 4.52 Å². The summed E-state index contributed by atoms with van der Waals surface area (Å²) in [6.07, 6.45) is 3.64. The molecular formula is C7H6N2S. The monoisotopic (exact) mass is 150 g/mol. The van der Waals surface area contributed by atoms with Crippen LogP contribution in [-0.2, 0) is 0 Å². The molecule has 2 rings (SSSR count). The fourth-order valence-corrected chi connectivity index (χ4v) is 1.09. The minimum atomic E-state index is 0.927. The van der Waals surface area contributed by atoms with Gasteiger partial charge in [-0.15, -0.1) is 12.6 Å². The van der Waals surface area contributed by atoms with Crippen molar-refractivity contribution in [3.05, 3.63) is 30.6 Å². The van der Waals surface area contributed by atoms with Crippen molar-refractivity contribution < 1.29 is 0 Å². The van der Waals surface area contributed by atoms with Crippen LogP contribution < -0.4 is 0 Å². The van der Waals surface area contributed by atoms with E-state index >= 15 is 0 Å². The van der Waals surface area contributed by atoms with E-state index in [0.717, 1.165) is 10.4 Å². The third-order valence-electron chi connectivity index (χ3n) is 1.38. The van der Waals surface area contributed by atoms with E-state index in [9.17, 15) is 0 Å². The van der Waals surface area contributed by atoms with Crippen molar-refractivity contribution in [2.24, 2.45) is 0 Å². The molecule has 0 atom stereocenters. The Hall–Kier alpha value is -0.960. The standard InChI is InChI=1S/C7H6N2S/c10-7-2-1-6-3-4-8-9(6)5-7/h1-5,10H. The molecule has 0 amide bonds. The van der Waals surface area contributed by atoms with Gasteiger partial charge in [-0.05, 0) is 18.2 Å². The number of hydrogen-bond acceptors (Lipinski definition) is 2. The molecule has 0 fully saturated rings. The molecular weight excluding hydrogens is 144 g/mol. The molecule has 3 heteroatoms. The number of pyridine rings is 1. The SMILES string of the molecule is Sc1ccc2ccnn2c1. The van der Waals surface area contributed by atoms with E-state index in [1.165, 1.54) is 0 Å². The van der Waals surface area contributed by atoms with E-state index in [4.69, 9.17) is 0 Å². The van der Waals surface area contributed by atoms with Crippen LogP contribution in [0.1, 0.15) is 0 Å². The van der Waals surface area contributed by atoms with Crippen molar-refractivity contribution in [1.82, 2.24) is 9.61 Å². The van der Waals surface area contributed by atoms with E-state index in [-0.39, 0.29) is 0 Å². The number of nitrogens with zero attached hydrogens (tertiary/aromatic N) is 2. The first kappa shape index (κ1) is 5.80. The van der Waals surface area contributed by atoms with Crippen LogP contribution in [0.15, 0.2) is 35.5 Å². The Morgan fingerprint density at radius 1 is 1.30 bits per heavy atom. The number of rotatable bonds is 0. The van der Waals surface area contributed by atoms with Gasteiger partial charge in [0.05, 0.1) is 5.52 Å². The molecule has 2 nitrogen and oxygen atoms in total. The second-order valence-corrected chi connectivity index (χ2v) is 2.60. The van der Waals surface area contributed by atoms with Crippen LogP contribution in [0.4, 0.5) is 0 Å². The average molecular weight is 150 g/mol. The maximum atomic E-state index is 4.17. The topological polar surface area (TPSA) is 17.3 Å². The summed E-state index contributed by atoms with van der Waals surface area (Å²) in [5, 5.41) is 4.05. The van der Waals surface area contributed by atoms with Crippen LogP contribution in [0.2, 0.25) is 0 Å². The van der Waals surface area contributed by atoms with E-state index < -0.39 is 0 Å². The van der Waals surface area contributed by atoms with Crippen molar-refractivity contribution in [3.63, 3.8) is 0 Å². The molecule has 2 aromatic heterocycles. The molecule has 0 aliphatic carbocycles. The minimum Gasteiger partial charge on any atom is -0.240 e. The molecule has 0 aliphatic rings. The molecule has 10 heavy (non-hydrogen) atoms. The minimum absolute atomic E-state index is 0.927. The highest BCUT2D eigenvalue weighted by Gasteiger charge is 1.90. The van der Waals surface area contributed by atoms with Crippen molar-refractivity contribution >= 4 is 18.1 Å². The summed E-state index contributed by atoms with van der Waals surface area (Å²) in [5.41, 5.74) is 1.10. The summed E-state index contributed by atoms with van der Waals surface area (Å²) < 4.78 is 1.79. The van der Waals surface area contributed by atoms with Crippen LogP contribution in [0.5, 0.6) is 0 Å². The molecule has 50 valence electrons. The summed E-state index contributed by atoms with van der Waals surface area (Å²) in [7, 11) is 0. The molecule has 0 aliphatic heterocycles. The van der Waals surface area contributed by atoms with Gasteiger partial charge in [0, 0.05) is 17.3 Å². The predicted octanol–water partition coefficient (Wildman–Crippen LogP) is 1.62. The van der Waals surface area contributed by atoms with E-state index in [0.29, 0.717) is 0 Å². The van der Waals surface area contributed by atoms with E-state index in [2.05, 4.69) is 17.7 Å². The zero-order chi connectivity index (χ0) is 6.97. The first-order chi connectivity index (χ1) is 4.86. The second kappa shape index (κ2) is 2.02. The lowest BCUT2D eigenvalue weighted by Gasteiger charge is -1.92. The smallest absolute Gasteiger partial charge is 0.0662 e. The van der Waals surface area contributed by atoms with Crippen LogP contribution in [0.25, 0.3) is 5.52 Å². The van der Waals surface area contributed by atoms with Crippen molar-refractivity contribution in [2.45, 2.75) is 4.90 Å². The van der Waals surface area contributed by atoms with E-state index in [1.807, 2.05) is 24.4 Å². The molecule has 0 N–H and O–H groups in total. The Kier molecular flexibility index (Phi) is 1.17. The zero-order valence-electron chi connectivity index (χ0n) is 5.23. The molecule has 0 unspecified atom stereocenters.